The molecule has 1 saturated carbocycles. The van der Waals surface area contributed by atoms with Crippen molar-refractivity contribution < 1.29 is 14.6 Å². The monoisotopic (exact) mass is 269 g/mol. The van der Waals surface area contributed by atoms with E-state index < -0.39 is 5.97 Å². The van der Waals surface area contributed by atoms with Crippen molar-refractivity contribution in [2.45, 2.75) is 32.3 Å². The Kier molecular flexibility index (Phi) is 3.35. The summed E-state index contributed by atoms with van der Waals surface area (Å²) in [6.07, 6.45) is 8.90. The smallest absolute Gasteiger partial charge is 0.336 e. The number of rotatable bonds is 3. The highest BCUT2D eigenvalue weighted by molar-refractivity contribution is 6.17. The fourth-order valence-corrected chi connectivity index (χ4v) is 2.54. The molecule has 0 bridgehead atoms. The fourth-order valence-electron chi connectivity index (χ4n) is 2.54. The number of carboxylic acids is 1. The second-order valence-electron chi connectivity index (χ2n) is 5.12. The number of aliphatic carboxylic acids is 1. The van der Waals surface area contributed by atoms with Crippen LogP contribution in [0.1, 0.15) is 37.3 Å². The lowest BCUT2D eigenvalue weighted by Crippen LogP contribution is -2.16. The second-order valence-corrected chi connectivity index (χ2v) is 5.12. The first kappa shape index (κ1) is 13.0. The Balaban J connectivity index is 1.99. The van der Waals surface area contributed by atoms with E-state index in [1.807, 2.05) is 36.8 Å². The molecule has 0 amide bonds. The minimum Gasteiger partial charge on any atom is -0.486 e. The van der Waals surface area contributed by atoms with Crippen LogP contribution in [-0.2, 0) is 4.79 Å². The van der Waals surface area contributed by atoms with Crippen LogP contribution >= 0.6 is 0 Å². The van der Waals surface area contributed by atoms with E-state index in [1.54, 1.807) is 0 Å². The highest BCUT2D eigenvalue weighted by atomic mass is 16.5. The van der Waals surface area contributed by atoms with Crippen molar-refractivity contribution >= 4 is 17.6 Å². The van der Waals surface area contributed by atoms with Gasteiger partial charge < -0.3 is 9.84 Å². The van der Waals surface area contributed by atoms with Crippen molar-refractivity contribution in [3.63, 3.8) is 0 Å². The molecule has 3 nitrogen and oxygen atoms in total. The third-order valence-corrected chi connectivity index (χ3v) is 3.81. The predicted molar refractivity (Wildman–Crippen MR) is 78.3 cm³/mol. The summed E-state index contributed by atoms with van der Waals surface area (Å²) in [5.74, 6) is -0.0292. The molecule has 0 saturated heterocycles. The molecule has 1 aromatic rings. The SMILES string of the molecule is CC[C@@H]1C=Cc2cc(C(C(=O)O)=C3[CH]CC3)ccc2O1. The minimum absolute atomic E-state index is 0.116. The molecule has 1 aromatic carbocycles. The van der Waals surface area contributed by atoms with Crippen LogP contribution in [0.15, 0.2) is 29.8 Å². The number of hydrogen-bond donors (Lipinski definition) is 1. The lowest BCUT2D eigenvalue weighted by atomic mass is 9.85. The van der Waals surface area contributed by atoms with E-state index in [-0.39, 0.29) is 6.10 Å². The Bertz CT molecular complexity index is 605. The Morgan fingerprint density at radius 3 is 2.85 bits per heavy atom. The Labute approximate surface area is 118 Å². The van der Waals surface area contributed by atoms with Crippen LogP contribution in [0.2, 0.25) is 0 Å². The van der Waals surface area contributed by atoms with Crippen molar-refractivity contribution in [1.29, 1.82) is 0 Å². The van der Waals surface area contributed by atoms with Gasteiger partial charge in [0.2, 0.25) is 0 Å². The van der Waals surface area contributed by atoms with Crippen LogP contribution in [0.5, 0.6) is 5.75 Å². The molecule has 1 N–H and O–H groups in total. The number of fused-ring (bicyclic) bond motifs is 1. The molecule has 20 heavy (non-hydrogen) atoms. The van der Waals surface area contributed by atoms with Crippen LogP contribution < -0.4 is 4.74 Å². The molecule has 103 valence electrons. The number of benzene rings is 1. The van der Waals surface area contributed by atoms with Gasteiger partial charge in [0, 0.05) is 5.56 Å². The van der Waals surface area contributed by atoms with Gasteiger partial charge in [-0.15, -0.1) is 0 Å². The largest absolute Gasteiger partial charge is 0.486 e. The van der Waals surface area contributed by atoms with E-state index >= 15 is 0 Å². The maximum absolute atomic E-state index is 11.5. The van der Waals surface area contributed by atoms with Crippen molar-refractivity contribution in [2.75, 3.05) is 0 Å². The summed E-state index contributed by atoms with van der Waals surface area (Å²) in [5.41, 5.74) is 3.06. The van der Waals surface area contributed by atoms with Gasteiger partial charge in [0.1, 0.15) is 11.9 Å². The van der Waals surface area contributed by atoms with E-state index in [9.17, 15) is 9.90 Å². The van der Waals surface area contributed by atoms with Crippen LogP contribution in [0.3, 0.4) is 0 Å². The van der Waals surface area contributed by atoms with Crippen molar-refractivity contribution in [3.8, 4) is 5.75 Å². The molecule has 3 rings (SSSR count). The molecule has 0 aromatic heterocycles. The van der Waals surface area contributed by atoms with Gasteiger partial charge in [0.25, 0.3) is 0 Å². The maximum atomic E-state index is 11.5. The molecule has 1 aliphatic carbocycles. The van der Waals surface area contributed by atoms with Crippen LogP contribution in [0.4, 0.5) is 0 Å². The Morgan fingerprint density at radius 2 is 2.25 bits per heavy atom. The summed E-state index contributed by atoms with van der Waals surface area (Å²) in [5, 5.41) is 9.42. The van der Waals surface area contributed by atoms with E-state index in [4.69, 9.17) is 4.74 Å². The van der Waals surface area contributed by atoms with Crippen molar-refractivity contribution in [1.82, 2.24) is 0 Å². The normalized spacial score (nSPS) is 22.6. The molecular formula is C17H17O3. The lowest BCUT2D eigenvalue weighted by Gasteiger charge is -2.23. The molecule has 0 unspecified atom stereocenters. The van der Waals surface area contributed by atoms with Crippen LogP contribution in [-0.4, -0.2) is 17.2 Å². The summed E-state index contributed by atoms with van der Waals surface area (Å²) in [6, 6.07) is 5.62. The highest BCUT2D eigenvalue weighted by Gasteiger charge is 2.23. The third kappa shape index (κ3) is 2.24. The first-order valence-corrected chi connectivity index (χ1v) is 6.98. The topological polar surface area (TPSA) is 46.5 Å². The number of ether oxygens (including phenoxy) is 1. The summed E-state index contributed by atoms with van der Waals surface area (Å²) in [6.45, 7) is 2.08. The zero-order valence-electron chi connectivity index (χ0n) is 11.4. The van der Waals surface area contributed by atoms with E-state index in [0.717, 1.165) is 41.7 Å². The van der Waals surface area contributed by atoms with Crippen molar-refractivity contribution in [2.24, 2.45) is 0 Å². The number of carboxylic acid groups (broad SMARTS) is 1. The van der Waals surface area contributed by atoms with E-state index in [1.165, 1.54) is 0 Å². The second kappa shape index (κ2) is 5.16. The molecule has 1 atom stereocenters. The fraction of sp³-hybridized carbons (Fsp3) is 0.294. The van der Waals surface area contributed by atoms with Gasteiger partial charge in [-0.25, -0.2) is 4.79 Å². The molecule has 0 spiro atoms. The summed E-state index contributed by atoms with van der Waals surface area (Å²) >= 11 is 0. The molecule has 2 aliphatic rings. The standard InChI is InChI=1S/C17H17O3/c1-2-14-8-6-12-10-13(7-9-15(12)20-14)16(17(18)19)11-4-3-5-11/h4,6-10,14H,2-3,5H2,1H3,(H,18,19)/t14-/m1/s1. The van der Waals surface area contributed by atoms with Crippen molar-refractivity contribution in [3.05, 3.63) is 47.4 Å². The summed E-state index contributed by atoms with van der Waals surface area (Å²) in [7, 11) is 0. The first-order chi connectivity index (χ1) is 9.69. The third-order valence-electron chi connectivity index (χ3n) is 3.81. The molecule has 3 heteroatoms. The molecule has 1 radical (unpaired) electrons. The van der Waals surface area contributed by atoms with Gasteiger partial charge in [-0.3, -0.25) is 0 Å². The number of hydrogen-bond acceptors (Lipinski definition) is 2. The lowest BCUT2D eigenvalue weighted by molar-refractivity contribution is -0.130. The number of allylic oxidation sites excluding steroid dienone is 1. The predicted octanol–water partition coefficient (Wildman–Crippen LogP) is 3.71. The first-order valence-electron chi connectivity index (χ1n) is 6.98. The average molecular weight is 269 g/mol. The van der Waals surface area contributed by atoms with E-state index in [0.29, 0.717) is 5.57 Å². The van der Waals surface area contributed by atoms with Crippen LogP contribution in [0, 0.1) is 6.42 Å². The quantitative estimate of drug-likeness (QED) is 0.851. The average Bonchev–Trinajstić information content (AvgIpc) is 2.41. The Hall–Kier alpha value is -2.03. The van der Waals surface area contributed by atoms with Gasteiger partial charge in [0.05, 0.1) is 5.57 Å². The molecule has 1 aliphatic heterocycles. The number of carbonyl (C=O) groups is 1. The zero-order valence-corrected chi connectivity index (χ0v) is 11.4. The molecule has 1 heterocycles. The van der Waals surface area contributed by atoms with Gasteiger partial charge in [-0.05, 0) is 49.5 Å². The minimum atomic E-state index is -0.858. The highest BCUT2D eigenvalue weighted by Crippen LogP contribution is 2.35. The van der Waals surface area contributed by atoms with E-state index in [2.05, 4.69) is 6.92 Å². The van der Waals surface area contributed by atoms with Crippen LogP contribution in [0.25, 0.3) is 11.6 Å². The molecular weight excluding hydrogens is 252 g/mol. The van der Waals surface area contributed by atoms with Gasteiger partial charge in [0.15, 0.2) is 0 Å². The summed E-state index contributed by atoms with van der Waals surface area (Å²) in [4.78, 5) is 11.5. The van der Waals surface area contributed by atoms with Gasteiger partial charge in [-0.2, -0.15) is 0 Å². The van der Waals surface area contributed by atoms with Gasteiger partial charge >= 0.3 is 5.97 Å². The Morgan fingerprint density at radius 1 is 1.45 bits per heavy atom. The summed E-state index contributed by atoms with van der Waals surface area (Å²) < 4.78 is 5.82. The molecule has 1 fully saturated rings. The van der Waals surface area contributed by atoms with Gasteiger partial charge in [-0.1, -0.05) is 24.6 Å². The maximum Gasteiger partial charge on any atom is 0.336 e. The zero-order chi connectivity index (χ0) is 14.1.